The van der Waals surface area contributed by atoms with E-state index in [2.05, 4.69) is 16.1 Å². The highest BCUT2D eigenvalue weighted by Crippen LogP contribution is 2.40. The van der Waals surface area contributed by atoms with Gasteiger partial charge in [0, 0.05) is 24.0 Å². The molecule has 3 aliphatic carbocycles. The highest BCUT2D eigenvalue weighted by molar-refractivity contribution is 6.23. The fraction of sp³-hybridized carbons (Fsp3) is 0.640. The van der Waals surface area contributed by atoms with Crippen LogP contribution in [0.3, 0.4) is 0 Å². The molecular weight excluding hydrogens is 470 g/mol. The average Bonchev–Trinajstić information content (AvgIpc) is 3.28. The van der Waals surface area contributed by atoms with Crippen molar-refractivity contribution in [3.63, 3.8) is 0 Å². The second-order valence-corrected chi connectivity index (χ2v) is 10.8. The Balaban J connectivity index is 1.19. The number of alkyl halides is 1. The first-order valence-corrected chi connectivity index (χ1v) is 13.1. The summed E-state index contributed by atoms with van der Waals surface area (Å²) in [5, 5.41) is 16.9. The number of aliphatic imine (C=N–C) groups is 1. The second-order valence-electron chi connectivity index (χ2n) is 10.3. The number of aliphatic hydroxyl groups is 1. The molecule has 3 atom stereocenters. The number of allylic oxidation sites excluding steroid dienone is 3. The molecule has 3 unspecified atom stereocenters. The Morgan fingerprint density at radius 1 is 1.29 bits per heavy atom. The van der Waals surface area contributed by atoms with E-state index in [4.69, 9.17) is 21.3 Å². The number of nitrogens with one attached hydrogen (secondary N) is 3. The molecule has 0 aromatic heterocycles. The van der Waals surface area contributed by atoms with E-state index in [-0.39, 0.29) is 30.4 Å². The smallest absolute Gasteiger partial charge is 0.270 e. The number of hydrogen-bond donors (Lipinski definition) is 4. The van der Waals surface area contributed by atoms with E-state index >= 15 is 0 Å². The van der Waals surface area contributed by atoms with Crippen LogP contribution in [-0.2, 0) is 14.3 Å². The van der Waals surface area contributed by atoms with Gasteiger partial charge in [-0.15, -0.1) is 11.6 Å². The number of aliphatic hydroxyl groups excluding tert-OH is 1. The zero-order valence-electron chi connectivity index (χ0n) is 19.8. The molecule has 190 valence electrons. The molecule has 0 aromatic carbocycles. The summed E-state index contributed by atoms with van der Waals surface area (Å²) in [5.41, 5.74) is 3.56. The quantitative estimate of drug-likeness (QED) is 0.377. The summed E-state index contributed by atoms with van der Waals surface area (Å²) in [6, 6.07) is 0. The first kappa shape index (κ1) is 24.2. The summed E-state index contributed by atoms with van der Waals surface area (Å²) in [5.74, 6) is 0.601. The number of amides is 2. The van der Waals surface area contributed by atoms with Gasteiger partial charge in [0.05, 0.1) is 17.7 Å². The third kappa shape index (κ3) is 5.07. The molecule has 0 spiro atoms. The fourth-order valence-electron chi connectivity index (χ4n) is 5.41. The number of rotatable bonds is 8. The van der Waals surface area contributed by atoms with E-state index in [1.807, 2.05) is 0 Å². The van der Waals surface area contributed by atoms with E-state index in [0.29, 0.717) is 23.9 Å². The van der Waals surface area contributed by atoms with Crippen LogP contribution in [0.5, 0.6) is 0 Å². The Morgan fingerprint density at radius 2 is 2.09 bits per heavy atom. The number of hydrazine groups is 1. The minimum absolute atomic E-state index is 0.0627. The van der Waals surface area contributed by atoms with Crippen molar-refractivity contribution in [1.29, 1.82) is 0 Å². The Labute approximate surface area is 210 Å². The van der Waals surface area contributed by atoms with Crippen molar-refractivity contribution in [3.05, 3.63) is 35.8 Å². The molecule has 0 radical (unpaired) electrons. The third-order valence-corrected chi connectivity index (χ3v) is 8.22. The van der Waals surface area contributed by atoms with Crippen molar-refractivity contribution in [2.45, 2.75) is 63.0 Å². The molecule has 0 aromatic rings. The van der Waals surface area contributed by atoms with Crippen LogP contribution in [0.4, 0.5) is 0 Å². The van der Waals surface area contributed by atoms with Crippen molar-refractivity contribution in [3.8, 4) is 0 Å². The Kier molecular flexibility index (Phi) is 7.07. The molecule has 35 heavy (non-hydrogen) atoms. The highest BCUT2D eigenvalue weighted by Gasteiger charge is 2.40. The summed E-state index contributed by atoms with van der Waals surface area (Å²) in [4.78, 5) is 30.5. The van der Waals surface area contributed by atoms with Crippen molar-refractivity contribution >= 4 is 29.3 Å². The average molecular weight is 504 g/mol. The van der Waals surface area contributed by atoms with Crippen LogP contribution < -0.4 is 16.1 Å². The maximum absolute atomic E-state index is 13.0. The van der Waals surface area contributed by atoms with Crippen molar-refractivity contribution in [2.75, 3.05) is 19.8 Å². The maximum atomic E-state index is 13.0. The lowest BCUT2D eigenvalue weighted by Gasteiger charge is -2.40. The van der Waals surface area contributed by atoms with Gasteiger partial charge in [0.15, 0.2) is 0 Å². The molecule has 2 aliphatic heterocycles. The topological polar surface area (TPSA) is 115 Å². The number of carbonyl (C=O) groups is 2. The van der Waals surface area contributed by atoms with Gasteiger partial charge in [-0.1, -0.05) is 37.8 Å². The van der Waals surface area contributed by atoms with E-state index < -0.39 is 17.6 Å². The lowest BCUT2D eigenvalue weighted by molar-refractivity contribution is -0.131. The number of carbonyl (C=O) groups excluding carboxylic acids is 2. The molecule has 5 aliphatic rings. The number of hydrogen-bond acceptors (Lipinski definition) is 7. The van der Waals surface area contributed by atoms with Crippen molar-refractivity contribution < 1.29 is 19.4 Å². The normalized spacial score (nSPS) is 29.7. The molecule has 0 bridgehead atoms. The van der Waals surface area contributed by atoms with Crippen molar-refractivity contribution in [2.24, 2.45) is 22.2 Å². The molecule has 4 N–H and O–H groups in total. The standard InChI is InChI=1S/C25H34ClN5O4/c26-18-8-4-9-19(21(18)23(34)27-14-25(15-32)10-5-11-25)35-13-17-12-20(33)31-24(28-17)29-22(30-31)16-6-2-1-3-7-16/h4,8-9,12,16,18,21,24,28,32H,1-3,5-7,10-11,13-15H2,(H,27,34)(H,29,30). The predicted octanol–water partition coefficient (Wildman–Crippen LogP) is 2.06. The van der Waals surface area contributed by atoms with E-state index in [0.717, 1.165) is 37.9 Å². The number of fused-ring (bicyclic) bond motifs is 1. The minimum Gasteiger partial charge on any atom is -0.491 e. The number of nitrogens with zero attached hydrogens (tertiary/aromatic N) is 2. The fourth-order valence-corrected chi connectivity index (χ4v) is 5.73. The summed E-state index contributed by atoms with van der Waals surface area (Å²) in [6.07, 6.45) is 15.0. The Bertz CT molecular complexity index is 961. The first-order valence-electron chi connectivity index (χ1n) is 12.7. The zero-order valence-corrected chi connectivity index (χ0v) is 20.6. The minimum atomic E-state index is -0.682. The van der Waals surface area contributed by atoms with Gasteiger partial charge in [0.2, 0.25) is 12.2 Å². The van der Waals surface area contributed by atoms with Gasteiger partial charge in [0.1, 0.15) is 24.1 Å². The van der Waals surface area contributed by atoms with Crippen molar-refractivity contribution in [1.82, 2.24) is 21.1 Å². The molecule has 2 saturated carbocycles. The Morgan fingerprint density at radius 3 is 2.80 bits per heavy atom. The molecule has 2 fully saturated rings. The predicted molar refractivity (Wildman–Crippen MR) is 132 cm³/mol. The van der Waals surface area contributed by atoms with Crippen LogP contribution in [0.25, 0.3) is 0 Å². The van der Waals surface area contributed by atoms with Gasteiger partial charge >= 0.3 is 0 Å². The van der Waals surface area contributed by atoms with Crippen LogP contribution >= 0.6 is 11.6 Å². The van der Waals surface area contributed by atoms with Gasteiger partial charge in [-0.05, 0) is 31.8 Å². The molecule has 5 rings (SSSR count). The summed E-state index contributed by atoms with van der Waals surface area (Å²) >= 11 is 6.48. The SMILES string of the molecule is O=C(NCC1(CO)CCC1)C1C(OCC2=CC(=O)N3NC(C4CCCCC4)=NC3N2)=CC=CC1Cl. The summed E-state index contributed by atoms with van der Waals surface area (Å²) in [7, 11) is 0. The molecule has 10 heteroatoms. The maximum Gasteiger partial charge on any atom is 0.270 e. The van der Waals surface area contributed by atoms with Crippen LogP contribution in [0.2, 0.25) is 0 Å². The van der Waals surface area contributed by atoms with Crippen LogP contribution in [-0.4, -0.2) is 59.2 Å². The van der Waals surface area contributed by atoms with Gasteiger partial charge in [-0.2, -0.15) is 0 Å². The van der Waals surface area contributed by atoms with E-state index in [9.17, 15) is 14.7 Å². The molecule has 2 amide bonds. The number of ether oxygens (including phenoxy) is 1. The lowest BCUT2D eigenvalue weighted by atomic mass is 9.69. The Hall–Kier alpha value is -2.52. The monoisotopic (exact) mass is 503 g/mol. The van der Waals surface area contributed by atoms with Gasteiger partial charge in [0.25, 0.3) is 5.91 Å². The lowest BCUT2D eigenvalue weighted by Crippen LogP contribution is -2.54. The molecule has 9 nitrogen and oxygen atoms in total. The second kappa shape index (κ2) is 10.2. The first-order chi connectivity index (χ1) is 17.0. The number of halogens is 1. The molecule has 0 saturated heterocycles. The van der Waals surface area contributed by atoms with Crippen LogP contribution in [0.1, 0.15) is 51.4 Å². The summed E-state index contributed by atoms with van der Waals surface area (Å²) in [6.45, 7) is 0.581. The summed E-state index contributed by atoms with van der Waals surface area (Å²) < 4.78 is 6.01. The molecule has 2 heterocycles. The van der Waals surface area contributed by atoms with Gasteiger partial charge in [-0.25, -0.2) is 10.0 Å². The largest absolute Gasteiger partial charge is 0.491 e. The number of amidine groups is 1. The van der Waals surface area contributed by atoms with Gasteiger partial charge < -0.3 is 20.5 Å². The zero-order chi connectivity index (χ0) is 24.4. The van der Waals surface area contributed by atoms with E-state index in [1.165, 1.54) is 30.3 Å². The van der Waals surface area contributed by atoms with Gasteiger partial charge in [-0.3, -0.25) is 15.0 Å². The highest BCUT2D eigenvalue weighted by atomic mass is 35.5. The molecular formula is C25H34ClN5O4. The van der Waals surface area contributed by atoms with E-state index in [1.54, 1.807) is 18.2 Å². The van der Waals surface area contributed by atoms with Crippen LogP contribution in [0, 0.1) is 17.3 Å². The van der Waals surface area contributed by atoms with Crippen LogP contribution in [0.15, 0.2) is 40.8 Å². The third-order valence-electron chi connectivity index (χ3n) is 7.83.